The van der Waals surface area contributed by atoms with E-state index in [9.17, 15) is 4.79 Å². The van der Waals surface area contributed by atoms with Crippen molar-refractivity contribution in [1.82, 2.24) is 5.32 Å². The molecular weight excluding hydrogens is 300 g/mol. The molecule has 0 fully saturated rings. The van der Waals surface area contributed by atoms with Crippen molar-refractivity contribution in [3.8, 4) is 0 Å². The van der Waals surface area contributed by atoms with Crippen LogP contribution in [0.3, 0.4) is 0 Å². The van der Waals surface area contributed by atoms with E-state index in [0.29, 0.717) is 10.6 Å². The lowest BCUT2D eigenvalue weighted by molar-refractivity contribution is 0.0948. The van der Waals surface area contributed by atoms with Gasteiger partial charge in [-0.05, 0) is 32.0 Å². The van der Waals surface area contributed by atoms with Gasteiger partial charge in [0.05, 0.1) is 5.69 Å². The third-order valence-electron chi connectivity index (χ3n) is 2.31. The van der Waals surface area contributed by atoms with Crippen molar-refractivity contribution in [3.05, 3.63) is 27.5 Å². The van der Waals surface area contributed by atoms with Crippen LogP contribution < -0.4 is 11.1 Å². The molecular formula is C12H13BrN2OS. The zero-order valence-corrected chi connectivity index (χ0v) is 12.0. The molecule has 0 aliphatic rings. The summed E-state index contributed by atoms with van der Waals surface area (Å²) in [7, 11) is 0. The lowest BCUT2D eigenvalue weighted by atomic mass is 10.2. The quantitative estimate of drug-likeness (QED) is 0.893. The van der Waals surface area contributed by atoms with Crippen LogP contribution in [0, 0.1) is 0 Å². The van der Waals surface area contributed by atoms with Crippen LogP contribution in [0.1, 0.15) is 23.5 Å². The summed E-state index contributed by atoms with van der Waals surface area (Å²) in [5, 5.41) is 3.78. The van der Waals surface area contributed by atoms with Crippen molar-refractivity contribution in [3.63, 3.8) is 0 Å². The van der Waals surface area contributed by atoms with Gasteiger partial charge in [-0.15, -0.1) is 11.3 Å². The molecule has 90 valence electrons. The molecule has 5 heteroatoms. The second-order valence-electron chi connectivity index (χ2n) is 4.11. The maximum absolute atomic E-state index is 11.9. The number of thiophene rings is 1. The first-order valence-corrected chi connectivity index (χ1v) is 6.88. The Morgan fingerprint density at radius 2 is 2.18 bits per heavy atom. The number of rotatable bonds is 2. The van der Waals surface area contributed by atoms with Crippen LogP contribution in [-0.4, -0.2) is 11.9 Å². The van der Waals surface area contributed by atoms with Crippen LogP contribution in [0.25, 0.3) is 10.1 Å². The molecule has 3 N–H and O–H groups in total. The first kappa shape index (κ1) is 12.4. The number of halogens is 1. The van der Waals surface area contributed by atoms with Crippen LogP contribution in [-0.2, 0) is 0 Å². The Morgan fingerprint density at radius 1 is 1.47 bits per heavy atom. The number of carbonyl (C=O) groups is 1. The lowest BCUT2D eigenvalue weighted by Gasteiger charge is -2.06. The van der Waals surface area contributed by atoms with E-state index < -0.39 is 0 Å². The van der Waals surface area contributed by atoms with Crippen molar-refractivity contribution >= 4 is 48.9 Å². The predicted octanol–water partition coefficient (Wildman–Crippen LogP) is 3.38. The average Bonchev–Trinajstić information content (AvgIpc) is 2.55. The molecule has 2 rings (SSSR count). The normalized spacial score (nSPS) is 11.1. The highest BCUT2D eigenvalue weighted by Crippen LogP contribution is 2.35. The first-order valence-electron chi connectivity index (χ1n) is 5.27. The number of benzene rings is 1. The number of nitrogens with two attached hydrogens (primary N) is 1. The Balaban J connectivity index is 2.49. The summed E-state index contributed by atoms with van der Waals surface area (Å²) in [5.41, 5.74) is 6.57. The Labute approximate surface area is 112 Å². The molecule has 1 aromatic carbocycles. The number of hydrogen-bond acceptors (Lipinski definition) is 3. The van der Waals surface area contributed by atoms with Gasteiger partial charge < -0.3 is 11.1 Å². The molecule has 0 bridgehead atoms. The summed E-state index contributed by atoms with van der Waals surface area (Å²) in [6, 6.07) is 5.96. The van der Waals surface area contributed by atoms with Gasteiger partial charge >= 0.3 is 0 Å². The highest BCUT2D eigenvalue weighted by atomic mass is 79.9. The number of nitrogens with one attached hydrogen (secondary N) is 1. The number of amides is 1. The molecule has 1 heterocycles. The lowest BCUT2D eigenvalue weighted by Crippen LogP contribution is -2.29. The second kappa shape index (κ2) is 4.66. The fourth-order valence-corrected chi connectivity index (χ4v) is 2.95. The largest absolute Gasteiger partial charge is 0.397 e. The van der Waals surface area contributed by atoms with Crippen molar-refractivity contribution in [2.75, 3.05) is 5.73 Å². The molecule has 17 heavy (non-hydrogen) atoms. The Kier molecular flexibility index (Phi) is 3.40. The van der Waals surface area contributed by atoms with E-state index in [1.54, 1.807) is 0 Å². The third-order valence-corrected chi connectivity index (χ3v) is 3.99. The van der Waals surface area contributed by atoms with E-state index in [1.807, 2.05) is 32.0 Å². The molecule has 0 aliphatic heterocycles. The number of nitrogen functional groups attached to an aromatic ring is 1. The summed E-state index contributed by atoms with van der Waals surface area (Å²) in [4.78, 5) is 12.5. The molecule has 0 unspecified atom stereocenters. The van der Waals surface area contributed by atoms with Gasteiger partial charge in [0.2, 0.25) is 0 Å². The Bertz CT molecular complexity index is 577. The van der Waals surface area contributed by atoms with E-state index in [4.69, 9.17) is 5.73 Å². The van der Waals surface area contributed by atoms with Gasteiger partial charge in [0.1, 0.15) is 4.88 Å². The highest BCUT2D eigenvalue weighted by Gasteiger charge is 2.16. The van der Waals surface area contributed by atoms with E-state index in [1.165, 1.54) is 11.3 Å². The second-order valence-corrected chi connectivity index (χ2v) is 6.08. The maximum atomic E-state index is 11.9. The topological polar surface area (TPSA) is 55.1 Å². The predicted molar refractivity (Wildman–Crippen MR) is 76.5 cm³/mol. The first-order chi connectivity index (χ1) is 7.99. The smallest absolute Gasteiger partial charge is 0.263 e. The third kappa shape index (κ3) is 2.45. The van der Waals surface area contributed by atoms with Crippen LogP contribution in [0.5, 0.6) is 0 Å². The fourth-order valence-electron chi connectivity index (χ4n) is 1.59. The molecule has 1 amide bonds. The molecule has 0 saturated carbocycles. The van der Waals surface area contributed by atoms with Gasteiger partial charge in [-0.3, -0.25) is 4.79 Å². The number of hydrogen-bond donors (Lipinski definition) is 2. The van der Waals surface area contributed by atoms with Crippen molar-refractivity contribution in [1.29, 1.82) is 0 Å². The summed E-state index contributed by atoms with van der Waals surface area (Å²) < 4.78 is 1.99. The minimum Gasteiger partial charge on any atom is -0.397 e. The van der Waals surface area contributed by atoms with E-state index in [0.717, 1.165) is 14.6 Å². The van der Waals surface area contributed by atoms with Gasteiger partial charge in [-0.1, -0.05) is 15.9 Å². The zero-order valence-electron chi connectivity index (χ0n) is 9.58. The van der Waals surface area contributed by atoms with Crippen LogP contribution in [0.2, 0.25) is 0 Å². The average molecular weight is 313 g/mol. The number of fused-ring (bicyclic) bond motifs is 1. The van der Waals surface area contributed by atoms with Crippen LogP contribution >= 0.6 is 27.3 Å². The van der Waals surface area contributed by atoms with Crippen LogP contribution in [0.4, 0.5) is 5.69 Å². The van der Waals surface area contributed by atoms with Crippen molar-refractivity contribution < 1.29 is 4.79 Å². The molecule has 0 atom stereocenters. The summed E-state index contributed by atoms with van der Waals surface area (Å²) >= 11 is 4.83. The SMILES string of the molecule is CC(C)NC(=O)c1sc2ccc(Br)cc2c1N. The van der Waals surface area contributed by atoms with E-state index in [2.05, 4.69) is 21.2 Å². The fraction of sp³-hybridized carbons (Fsp3) is 0.250. The molecule has 1 aromatic heterocycles. The van der Waals surface area contributed by atoms with Gasteiger partial charge in [0.15, 0.2) is 0 Å². The monoisotopic (exact) mass is 312 g/mol. The summed E-state index contributed by atoms with van der Waals surface area (Å²) in [5.74, 6) is -0.102. The van der Waals surface area contributed by atoms with Gasteiger partial charge in [0.25, 0.3) is 5.91 Å². The summed E-state index contributed by atoms with van der Waals surface area (Å²) in [6.07, 6.45) is 0. The standard InChI is InChI=1S/C12H13BrN2OS/c1-6(2)15-12(16)11-10(14)8-5-7(13)3-4-9(8)17-11/h3-6H,14H2,1-2H3,(H,15,16). The highest BCUT2D eigenvalue weighted by molar-refractivity contribution is 9.10. The minimum atomic E-state index is -0.102. The maximum Gasteiger partial charge on any atom is 0.263 e. The van der Waals surface area contributed by atoms with E-state index >= 15 is 0 Å². The molecule has 2 aromatic rings. The summed E-state index contributed by atoms with van der Waals surface area (Å²) in [6.45, 7) is 3.86. The molecule has 3 nitrogen and oxygen atoms in total. The molecule has 0 spiro atoms. The van der Waals surface area contributed by atoms with Crippen molar-refractivity contribution in [2.24, 2.45) is 0 Å². The minimum absolute atomic E-state index is 0.102. The molecule has 0 saturated heterocycles. The Hall–Kier alpha value is -1.07. The van der Waals surface area contributed by atoms with Crippen LogP contribution in [0.15, 0.2) is 22.7 Å². The zero-order chi connectivity index (χ0) is 12.6. The molecule has 0 aliphatic carbocycles. The Morgan fingerprint density at radius 3 is 2.82 bits per heavy atom. The number of carbonyl (C=O) groups excluding carboxylic acids is 1. The number of anilines is 1. The van der Waals surface area contributed by atoms with Gasteiger partial charge in [0, 0.05) is 20.6 Å². The molecule has 0 radical (unpaired) electrons. The van der Waals surface area contributed by atoms with E-state index in [-0.39, 0.29) is 11.9 Å². The van der Waals surface area contributed by atoms with Gasteiger partial charge in [-0.2, -0.15) is 0 Å². The van der Waals surface area contributed by atoms with Crippen molar-refractivity contribution in [2.45, 2.75) is 19.9 Å². The van der Waals surface area contributed by atoms with Gasteiger partial charge in [-0.25, -0.2) is 0 Å².